The minimum Gasteiger partial charge on any atom is -0.508 e. The lowest BCUT2D eigenvalue weighted by atomic mass is 10.1. The van der Waals surface area contributed by atoms with E-state index in [4.69, 9.17) is 4.74 Å². The van der Waals surface area contributed by atoms with E-state index in [0.29, 0.717) is 13.1 Å². The Balaban J connectivity index is 1.45. The molecule has 0 radical (unpaired) electrons. The SMILES string of the molecule is C[C@@H]1CN(C(=O)[C@H]2C[C@@H]2c2cccc(O)c2)C[C@@H](c2ccccc2)O1. The fourth-order valence-corrected chi connectivity index (χ4v) is 3.81. The van der Waals surface area contributed by atoms with Crippen molar-refractivity contribution in [2.45, 2.75) is 31.5 Å². The Kier molecular flexibility index (Phi) is 4.22. The van der Waals surface area contributed by atoms with Crippen molar-refractivity contribution in [1.82, 2.24) is 4.90 Å². The fourth-order valence-electron chi connectivity index (χ4n) is 3.81. The number of phenols is 1. The number of morpholine rings is 1. The van der Waals surface area contributed by atoms with Crippen LogP contribution in [-0.4, -0.2) is 35.1 Å². The van der Waals surface area contributed by atoms with Gasteiger partial charge in [-0.25, -0.2) is 0 Å². The number of hydrogen-bond acceptors (Lipinski definition) is 3. The van der Waals surface area contributed by atoms with Gasteiger partial charge in [0, 0.05) is 12.5 Å². The first-order valence-corrected chi connectivity index (χ1v) is 8.90. The van der Waals surface area contributed by atoms with Crippen LogP contribution in [0.1, 0.15) is 36.5 Å². The Morgan fingerprint density at radius 2 is 1.84 bits per heavy atom. The number of carbonyl (C=O) groups excluding carboxylic acids is 1. The molecule has 4 atom stereocenters. The van der Waals surface area contributed by atoms with Gasteiger partial charge in [0.15, 0.2) is 0 Å². The number of amides is 1. The predicted octanol–water partition coefficient (Wildman–Crippen LogP) is 3.48. The van der Waals surface area contributed by atoms with Crippen LogP contribution in [0.25, 0.3) is 0 Å². The van der Waals surface area contributed by atoms with Crippen molar-refractivity contribution < 1.29 is 14.6 Å². The van der Waals surface area contributed by atoms with Gasteiger partial charge in [0.1, 0.15) is 11.9 Å². The molecular formula is C21H23NO3. The average molecular weight is 337 g/mol. The van der Waals surface area contributed by atoms with E-state index in [1.165, 1.54) is 0 Å². The third-order valence-corrected chi connectivity index (χ3v) is 5.15. The van der Waals surface area contributed by atoms with Gasteiger partial charge >= 0.3 is 0 Å². The Morgan fingerprint density at radius 1 is 1.08 bits per heavy atom. The molecule has 0 spiro atoms. The molecule has 1 saturated carbocycles. The second kappa shape index (κ2) is 6.52. The van der Waals surface area contributed by atoms with Crippen LogP contribution in [0.2, 0.25) is 0 Å². The second-order valence-electron chi connectivity index (χ2n) is 7.13. The van der Waals surface area contributed by atoms with Gasteiger partial charge in [0.05, 0.1) is 12.6 Å². The van der Waals surface area contributed by atoms with Crippen LogP contribution in [0.4, 0.5) is 0 Å². The summed E-state index contributed by atoms with van der Waals surface area (Å²) in [5.41, 5.74) is 2.17. The zero-order valence-corrected chi connectivity index (χ0v) is 14.3. The molecule has 2 aliphatic rings. The molecule has 0 aromatic heterocycles. The lowest BCUT2D eigenvalue weighted by Gasteiger charge is -2.37. The molecule has 2 aromatic rings. The lowest BCUT2D eigenvalue weighted by molar-refractivity contribution is -0.146. The summed E-state index contributed by atoms with van der Waals surface area (Å²) in [6, 6.07) is 17.4. The number of aromatic hydroxyl groups is 1. The van der Waals surface area contributed by atoms with Crippen molar-refractivity contribution in [1.29, 1.82) is 0 Å². The number of benzene rings is 2. The molecule has 1 heterocycles. The van der Waals surface area contributed by atoms with E-state index in [2.05, 4.69) is 12.1 Å². The Hall–Kier alpha value is -2.33. The first-order valence-electron chi connectivity index (χ1n) is 8.90. The molecule has 2 aromatic carbocycles. The molecule has 1 aliphatic heterocycles. The third-order valence-electron chi connectivity index (χ3n) is 5.15. The number of rotatable bonds is 3. The van der Waals surface area contributed by atoms with Gasteiger partial charge in [0.2, 0.25) is 5.91 Å². The van der Waals surface area contributed by atoms with Gasteiger partial charge in [-0.05, 0) is 42.5 Å². The van der Waals surface area contributed by atoms with E-state index in [1.54, 1.807) is 12.1 Å². The highest BCUT2D eigenvalue weighted by atomic mass is 16.5. The monoisotopic (exact) mass is 337 g/mol. The first kappa shape index (κ1) is 16.2. The Labute approximate surface area is 148 Å². The van der Waals surface area contributed by atoms with Crippen LogP contribution in [0.5, 0.6) is 5.75 Å². The summed E-state index contributed by atoms with van der Waals surface area (Å²) in [5.74, 6) is 0.737. The van der Waals surface area contributed by atoms with Crippen LogP contribution in [0, 0.1) is 5.92 Å². The predicted molar refractivity (Wildman–Crippen MR) is 95.3 cm³/mol. The van der Waals surface area contributed by atoms with Crippen LogP contribution in [-0.2, 0) is 9.53 Å². The van der Waals surface area contributed by atoms with Crippen LogP contribution in [0.15, 0.2) is 54.6 Å². The van der Waals surface area contributed by atoms with Gasteiger partial charge in [-0.1, -0.05) is 42.5 Å². The quantitative estimate of drug-likeness (QED) is 0.933. The molecule has 130 valence electrons. The number of ether oxygens (including phenoxy) is 1. The maximum atomic E-state index is 13.0. The smallest absolute Gasteiger partial charge is 0.226 e. The number of phenolic OH excluding ortho intramolecular Hbond substituents is 1. The molecule has 4 nitrogen and oxygen atoms in total. The lowest BCUT2D eigenvalue weighted by Crippen LogP contribution is -2.46. The molecule has 4 rings (SSSR count). The maximum Gasteiger partial charge on any atom is 0.226 e. The Morgan fingerprint density at radius 3 is 2.60 bits per heavy atom. The van der Waals surface area contributed by atoms with E-state index in [1.807, 2.05) is 42.2 Å². The molecule has 1 N–H and O–H groups in total. The number of carbonyl (C=O) groups is 1. The highest BCUT2D eigenvalue weighted by Crippen LogP contribution is 2.49. The zero-order chi connectivity index (χ0) is 17.4. The highest BCUT2D eigenvalue weighted by molar-refractivity contribution is 5.83. The van der Waals surface area contributed by atoms with E-state index in [-0.39, 0.29) is 35.7 Å². The number of hydrogen-bond donors (Lipinski definition) is 1. The van der Waals surface area contributed by atoms with Gasteiger partial charge in [0.25, 0.3) is 0 Å². The average Bonchev–Trinajstić information content (AvgIpc) is 3.42. The van der Waals surface area contributed by atoms with Crippen molar-refractivity contribution in [3.63, 3.8) is 0 Å². The van der Waals surface area contributed by atoms with E-state index >= 15 is 0 Å². The normalized spacial score (nSPS) is 28.6. The van der Waals surface area contributed by atoms with Crippen molar-refractivity contribution >= 4 is 5.91 Å². The maximum absolute atomic E-state index is 13.0. The largest absolute Gasteiger partial charge is 0.508 e. The molecular weight excluding hydrogens is 314 g/mol. The van der Waals surface area contributed by atoms with Crippen molar-refractivity contribution in [2.75, 3.05) is 13.1 Å². The van der Waals surface area contributed by atoms with E-state index in [9.17, 15) is 9.90 Å². The molecule has 1 saturated heterocycles. The molecule has 4 heteroatoms. The Bertz CT molecular complexity index is 761. The van der Waals surface area contributed by atoms with Crippen molar-refractivity contribution in [2.24, 2.45) is 5.92 Å². The summed E-state index contributed by atoms with van der Waals surface area (Å²) in [6.45, 7) is 3.27. The molecule has 25 heavy (non-hydrogen) atoms. The van der Waals surface area contributed by atoms with Gasteiger partial charge in [-0.2, -0.15) is 0 Å². The van der Waals surface area contributed by atoms with Crippen LogP contribution in [0.3, 0.4) is 0 Å². The summed E-state index contributed by atoms with van der Waals surface area (Å²) >= 11 is 0. The summed E-state index contributed by atoms with van der Waals surface area (Å²) < 4.78 is 6.05. The minimum atomic E-state index is -0.0631. The van der Waals surface area contributed by atoms with Crippen LogP contribution < -0.4 is 0 Å². The third kappa shape index (κ3) is 3.40. The first-order chi connectivity index (χ1) is 12.1. The summed E-state index contributed by atoms with van der Waals surface area (Å²) in [4.78, 5) is 14.9. The molecule has 2 fully saturated rings. The van der Waals surface area contributed by atoms with Crippen molar-refractivity contribution in [3.8, 4) is 5.75 Å². The molecule has 0 unspecified atom stereocenters. The van der Waals surface area contributed by atoms with E-state index < -0.39 is 0 Å². The van der Waals surface area contributed by atoms with Gasteiger partial charge < -0.3 is 14.7 Å². The highest BCUT2D eigenvalue weighted by Gasteiger charge is 2.47. The van der Waals surface area contributed by atoms with E-state index in [0.717, 1.165) is 17.5 Å². The van der Waals surface area contributed by atoms with Crippen molar-refractivity contribution in [3.05, 3.63) is 65.7 Å². The van der Waals surface area contributed by atoms with Crippen LogP contribution >= 0.6 is 0 Å². The van der Waals surface area contributed by atoms with Gasteiger partial charge in [-0.15, -0.1) is 0 Å². The fraction of sp³-hybridized carbons (Fsp3) is 0.381. The van der Waals surface area contributed by atoms with Gasteiger partial charge in [-0.3, -0.25) is 4.79 Å². The standard InChI is InChI=1S/C21H23NO3/c1-14-12-22(13-20(25-14)15-6-3-2-4-7-15)21(24)19-11-18(19)16-8-5-9-17(23)10-16/h2-10,14,18-20,23H,11-13H2,1H3/t14-,18-,19+,20+/m1/s1. The number of nitrogens with zero attached hydrogens (tertiary/aromatic N) is 1. The summed E-state index contributed by atoms with van der Waals surface area (Å²) in [6.07, 6.45) is 0.831. The second-order valence-corrected chi connectivity index (χ2v) is 7.13. The molecule has 0 bridgehead atoms. The minimum absolute atomic E-state index is 0.0286. The topological polar surface area (TPSA) is 49.8 Å². The summed E-state index contributed by atoms with van der Waals surface area (Å²) in [7, 11) is 0. The molecule has 1 amide bonds. The molecule has 1 aliphatic carbocycles. The zero-order valence-electron chi connectivity index (χ0n) is 14.3. The summed E-state index contributed by atoms with van der Waals surface area (Å²) in [5, 5.41) is 9.65.